The van der Waals surface area contributed by atoms with E-state index in [1.165, 1.54) is 0 Å². The maximum atomic E-state index is 8.62. The van der Waals surface area contributed by atoms with E-state index in [4.69, 9.17) is 11.0 Å². The van der Waals surface area contributed by atoms with Crippen LogP contribution in [0.15, 0.2) is 22.7 Å². The fourth-order valence-electron chi connectivity index (χ4n) is 0.824. The lowest BCUT2D eigenvalue weighted by Gasteiger charge is -2.00. The Morgan fingerprint density at radius 2 is 2.27 bits per heavy atom. The van der Waals surface area contributed by atoms with Gasteiger partial charge in [0, 0.05) is 11.0 Å². The van der Waals surface area contributed by atoms with Gasteiger partial charge in [-0.2, -0.15) is 5.26 Å². The molecule has 1 rings (SSSR count). The van der Waals surface area contributed by atoms with Gasteiger partial charge in [0.15, 0.2) is 0 Å². The number of hydrogen-bond acceptors (Lipinski definition) is 2. The van der Waals surface area contributed by atoms with Crippen LogP contribution in [0.5, 0.6) is 0 Å². The monoisotopic (exact) mass is 210 g/mol. The largest absolute Gasteiger partial charge is 0.326 e. The fourth-order valence-corrected chi connectivity index (χ4v) is 1.34. The standard InChI is InChI=1S/C8H7BrN2/c9-8-6(4-10)2-1-3-7(8)5-11/h1-3H,4,10H2. The Balaban J connectivity index is 3.23. The van der Waals surface area contributed by atoms with Gasteiger partial charge in [-0.1, -0.05) is 12.1 Å². The smallest absolute Gasteiger partial charge is 0.100 e. The van der Waals surface area contributed by atoms with E-state index in [-0.39, 0.29) is 0 Å². The molecule has 0 saturated carbocycles. The first kappa shape index (κ1) is 8.25. The van der Waals surface area contributed by atoms with Crippen molar-refractivity contribution in [1.29, 1.82) is 5.26 Å². The van der Waals surface area contributed by atoms with Gasteiger partial charge in [-0.15, -0.1) is 0 Å². The van der Waals surface area contributed by atoms with Crippen LogP contribution in [0.3, 0.4) is 0 Å². The molecule has 0 aliphatic heterocycles. The highest BCUT2D eigenvalue weighted by Crippen LogP contribution is 2.20. The zero-order chi connectivity index (χ0) is 8.27. The molecule has 0 unspecified atom stereocenters. The lowest BCUT2D eigenvalue weighted by molar-refractivity contribution is 1.06. The molecule has 0 fully saturated rings. The molecule has 0 amide bonds. The zero-order valence-electron chi connectivity index (χ0n) is 5.84. The van der Waals surface area contributed by atoms with Crippen LogP contribution in [0.1, 0.15) is 11.1 Å². The summed E-state index contributed by atoms with van der Waals surface area (Å²) >= 11 is 3.30. The van der Waals surface area contributed by atoms with Gasteiger partial charge in [-0.05, 0) is 27.6 Å². The normalized spacial score (nSPS) is 9.18. The quantitative estimate of drug-likeness (QED) is 0.769. The van der Waals surface area contributed by atoms with Crippen molar-refractivity contribution in [3.8, 4) is 6.07 Å². The summed E-state index contributed by atoms with van der Waals surface area (Å²) in [5, 5.41) is 8.62. The molecular weight excluding hydrogens is 204 g/mol. The van der Waals surface area contributed by atoms with Gasteiger partial charge in [-0.25, -0.2) is 0 Å². The van der Waals surface area contributed by atoms with E-state index >= 15 is 0 Å². The van der Waals surface area contributed by atoms with Crippen molar-refractivity contribution >= 4 is 15.9 Å². The number of nitrogens with zero attached hydrogens (tertiary/aromatic N) is 1. The minimum absolute atomic E-state index is 0.454. The topological polar surface area (TPSA) is 49.8 Å². The maximum absolute atomic E-state index is 8.62. The Kier molecular flexibility index (Phi) is 2.64. The van der Waals surface area contributed by atoms with Crippen LogP contribution in [0.4, 0.5) is 0 Å². The summed E-state index contributed by atoms with van der Waals surface area (Å²) in [6, 6.07) is 7.54. The summed E-state index contributed by atoms with van der Waals surface area (Å²) < 4.78 is 0.810. The summed E-state index contributed by atoms with van der Waals surface area (Å²) in [7, 11) is 0. The number of nitrogens with two attached hydrogens (primary N) is 1. The number of nitriles is 1. The van der Waals surface area contributed by atoms with Gasteiger partial charge in [0.05, 0.1) is 5.56 Å². The average molecular weight is 211 g/mol. The predicted molar refractivity (Wildman–Crippen MR) is 46.7 cm³/mol. The lowest BCUT2D eigenvalue weighted by Crippen LogP contribution is -1.97. The third-order valence-electron chi connectivity index (χ3n) is 1.42. The number of rotatable bonds is 1. The summed E-state index contributed by atoms with van der Waals surface area (Å²) in [5.74, 6) is 0. The van der Waals surface area contributed by atoms with Gasteiger partial charge in [0.1, 0.15) is 6.07 Å². The van der Waals surface area contributed by atoms with Crippen LogP contribution >= 0.6 is 15.9 Å². The summed E-state index contributed by atoms with van der Waals surface area (Å²) in [4.78, 5) is 0. The Morgan fingerprint density at radius 1 is 1.55 bits per heavy atom. The van der Waals surface area contributed by atoms with Gasteiger partial charge in [0.25, 0.3) is 0 Å². The van der Waals surface area contributed by atoms with Crippen LogP contribution in [0.25, 0.3) is 0 Å². The molecular formula is C8H7BrN2. The molecule has 1 aromatic carbocycles. The van der Waals surface area contributed by atoms with E-state index in [1.54, 1.807) is 6.07 Å². The molecule has 3 heteroatoms. The Labute approximate surface area is 73.8 Å². The number of benzene rings is 1. The number of halogens is 1. The van der Waals surface area contributed by atoms with Crippen molar-refractivity contribution in [3.05, 3.63) is 33.8 Å². The first-order chi connectivity index (χ1) is 5.29. The highest BCUT2D eigenvalue weighted by atomic mass is 79.9. The van der Waals surface area contributed by atoms with E-state index in [0.29, 0.717) is 12.1 Å². The van der Waals surface area contributed by atoms with E-state index in [2.05, 4.69) is 22.0 Å². The predicted octanol–water partition coefficient (Wildman–Crippen LogP) is 1.78. The molecule has 0 aliphatic carbocycles. The molecule has 0 saturated heterocycles. The van der Waals surface area contributed by atoms with E-state index in [0.717, 1.165) is 10.0 Å². The minimum Gasteiger partial charge on any atom is -0.326 e. The molecule has 0 aliphatic rings. The molecule has 0 atom stereocenters. The van der Waals surface area contributed by atoms with Crippen molar-refractivity contribution < 1.29 is 0 Å². The second-order valence-electron chi connectivity index (χ2n) is 2.09. The third kappa shape index (κ3) is 1.59. The Morgan fingerprint density at radius 3 is 2.82 bits per heavy atom. The van der Waals surface area contributed by atoms with Crippen LogP contribution in [0.2, 0.25) is 0 Å². The molecule has 2 N–H and O–H groups in total. The molecule has 11 heavy (non-hydrogen) atoms. The van der Waals surface area contributed by atoms with Crippen molar-refractivity contribution in [2.45, 2.75) is 6.54 Å². The van der Waals surface area contributed by atoms with E-state index < -0.39 is 0 Å². The third-order valence-corrected chi connectivity index (χ3v) is 2.36. The fraction of sp³-hybridized carbons (Fsp3) is 0.125. The van der Waals surface area contributed by atoms with Crippen LogP contribution < -0.4 is 5.73 Å². The maximum Gasteiger partial charge on any atom is 0.100 e. The molecule has 2 nitrogen and oxygen atoms in total. The van der Waals surface area contributed by atoms with Crippen LogP contribution in [0, 0.1) is 11.3 Å². The zero-order valence-corrected chi connectivity index (χ0v) is 7.43. The summed E-state index contributed by atoms with van der Waals surface area (Å²) in [5.41, 5.74) is 7.03. The van der Waals surface area contributed by atoms with Crippen LogP contribution in [-0.4, -0.2) is 0 Å². The van der Waals surface area contributed by atoms with Gasteiger partial charge in [-0.3, -0.25) is 0 Å². The molecule has 1 aromatic rings. The first-order valence-corrected chi connectivity index (χ1v) is 3.96. The SMILES string of the molecule is N#Cc1cccc(CN)c1Br. The second kappa shape index (κ2) is 3.51. The van der Waals surface area contributed by atoms with Gasteiger partial charge < -0.3 is 5.73 Å². The van der Waals surface area contributed by atoms with Crippen molar-refractivity contribution in [2.24, 2.45) is 5.73 Å². The van der Waals surface area contributed by atoms with Crippen molar-refractivity contribution in [3.63, 3.8) is 0 Å². The molecule has 0 radical (unpaired) electrons. The van der Waals surface area contributed by atoms with Crippen molar-refractivity contribution in [2.75, 3.05) is 0 Å². The molecule has 0 aromatic heterocycles. The molecule has 56 valence electrons. The lowest BCUT2D eigenvalue weighted by atomic mass is 10.1. The molecule has 0 bridgehead atoms. The Hall–Kier alpha value is -0.850. The minimum atomic E-state index is 0.454. The molecule has 0 spiro atoms. The average Bonchev–Trinajstić information content (AvgIpc) is 2.05. The highest BCUT2D eigenvalue weighted by molar-refractivity contribution is 9.10. The highest BCUT2D eigenvalue weighted by Gasteiger charge is 2.01. The van der Waals surface area contributed by atoms with Gasteiger partial charge in [0.2, 0.25) is 0 Å². The summed E-state index contributed by atoms with van der Waals surface area (Å²) in [6.07, 6.45) is 0. The van der Waals surface area contributed by atoms with E-state index in [1.807, 2.05) is 12.1 Å². The molecule has 0 heterocycles. The Bertz CT molecular complexity index is 301. The van der Waals surface area contributed by atoms with Crippen molar-refractivity contribution in [1.82, 2.24) is 0 Å². The number of hydrogen-bond donors (Lipinski definition) is 1. The second-order valence-corrected chi connectivity index (χ2v) is 2.89. The van der Waals surface area contributed by atoms with Crippen LogP contribution in [-0.2, 0) is 6.54 Å². The van der Waals surface area contributed by atoms with Gasteiger partial charge >= 0.3 is 0 Å². The summed E-state index contributed by atoms with van der Waals surface area (Å²) in [6.45, 7) is 0.454. The first-order valence-electron chi connectivity index (χ1n) is 3.17. The van der Waals surface area contributed by atoms with E-state index in [9.17, 15) is 0 Å².